The highest BCUT2D eigenvalue weighted by atomic mass is 35.5. The molecule has 33 heavy (non-hydrogen) atoms. The number of carbonyl (C=O) groups is 1. The van der Waals surface area contributed by atoms with E-state index in [0.29, 0.717) is 18.4 Å². The molecule has 1 unspecified atom stereocenters. The van der Waals surface area contributed by atoms with Crippen molar-refractivity contribution in [1.29, 1.82) is 0 Å². The number of amides is 1. The molecule has 0 spiro atoms. The largest absolute Gasteiger partial charge is 0.436 e. The molecule has 12 heteroatoms. The van der Waals surface area contributed by atoms with Crippen LogP contribution in [0.2, 0.25) is 5.15 Å². The van der Waals surface area contributed by atoms with E-state index in [9.17, 15) is 22.5 Å². The second kappa shape index (κ2) is 12.0. The van der Waals surface area contributed by atoms with Crippen molar-refractivity contribution in [2.24, 2.45) is 7.05 Å². The molecule has 0 aliphatic heterocycles. The minimum Gasteiger partial charge on any atom is -0.334 e. The van der Waals surface area contributed by atoms with Crippen LogP contribution < -0.4 is 5.32 Å². The van der Waals surface area contributed by atoms with Gasteiger partial charge in [-0.2, -0.15) is 18.3 Å². The number of hydrogen-bond acceptors (Lipinski definition) is 5. The van der Waals surface area contributed by atoms with Crippen LogP contribution in [0.3, 0.4) is 0 Å². The first-order valence-electron chi connectivity index (χ1n) is 10.6. The summed E-state index contributed by atoms with van der Waals surface area (Å²) in [6.45, 7) is 4.04. The predicted molar refractivity (Wildman–Crippen MR) is 119 cm³/mol. The van der Waals surface area contributed by atoms with Gasteiger partial charge in [0.2, 0.25) is 0 Å². The second-order valence-corrected chi connectivity index (χ2v) is 9.81. The number of carbonyl (C=O) groups excluding carboxylic acids is 1. The van der Waals surface area contributed by atoms with Gasteiger partial charge in [-0.3, -0.25) is 14.0 Å². The Balaban J connectivity index is 2.50. The Labute approximate surface area is 196 Å². The van der Waals surface area contributed by atoms with Crippen molar-refractivity contribution in [1.82, 2.24) is 15.1 Å². The topological polar surface area (TPSA) is 82.4 Å². The fourth-order valence-corrected chi connectivity index (χ4v) is 5.10. The zero-order valence-electron chi connectivity index (χ0n) is 18.7. The van der Waals surface area contributed by atoms with Gasteiger partial charge >= 0.3 is 13.8 Å². The van der Waals surface area contributed by atoms with Crippen LogP contribution in [-0.2, 0) is 26.8 Å². The lowest BCUT2D eigenvalue weighted by molar-refractivity contribution is -0.141. The van der Waals surface area contributed by atoms with Crippen molar-refractivity contribution in [2.45, 2.75) is 51.5 Å². The summed E-state index contributed by atoms with van der Waals surface area (Å²) >= 11 is 5.97. The van der Waals surface area contributed by atoms with E-state index in [1.807, 2.05) is 13.8 Å². The number of nitrogens with zero attached hydrogens (tertiary/aromatic N) is 2. The monoisotopic (exact) mass is 509 g/mol. The molecule has 0 bridgehead atoms. The van der Waals surface area contributed by atoms with Gasteiger partial charge in [-0.1, -0.05) is 68.6 Å². The molecule has 1 amide bonds. The molecule has 0 radical (unpaired) electrons. The Morgan fingerprint density at radius 1 is 1.15 bits per heavy atom. The van der Waals surface area contributed by atoms with Crippen LogP contribution >= 0.6 is 19.2 Å². The Hall–Kier alpha value is -1.87. The van der Waals surface area contributed by atoms with Crippen molar-refractivity contribution >= 4 is 25.1 Å². The number of unbranched alkanes of at least 4 members (excludes halogenated alkanes) is 2. The molecule has 1 atom stereocenters. The number of alkyl halides is 3. The highest BCUT2D eigenvalue weighted by Crippen LogP contribution is 2.60. The first-order valence-corrected chi connectivity index (χ1v) is 12.6. The van der Waals surface area contributed by atoms with Crippen molar-refractivity contribution in [2.75, 3.05) is 13.2 Å². The van der Waals surface area contributed by atoms with E-state index >= 15 is 0 Å². The van der Waals surface area contributed by atoms with E-state index in [0.717, 1.165) is 17.5 Å². The summed E-state index contributed by atoms with van der Waals surface area (Å²) in [6, 6.07) is 8.17. The van der Waals surface area contributed by atoms with Gasteiger partial charge in [0, 0.05) is 7.05 Å². The molecule has 0 saturated heterocycles. The summed E-state index contributed by atoms with van der Waals surface area (Å²) < 4.78 is 66.4. The molecule has 1 N–H and O–H groups in total. The summed E-state index contributed by atoms with van der Waals surface area (Å²) in [5, 5.41) is 5.25. The van der Waals surface area contributed by atoms with Crippen LogP contribution in [0.5, 0.6) is 0 Å². The van der Waals surface area contributed by atoms with Crippen molar-refractivity contribution in [3.05, 3.63) is 52.3 Å². The van der Waals surface area contributed by atoms with Gasteiger partial charge in [-0.25, -0.2) is 0 Å². The van der Waals surface area contributed by atoms with Crippen LogP contribution in [0.25, 0.3) is 0 Å². The fourth-order valence-electron chi connectivity index (χ4n) is 2.94. The Morgan fingerprint density at radius 2 is 1.70 bits per heavy atom. The maximum absolute atomic E-state index is 13.9. The fraction of sp³-hybridized carbons (Fsp3) is 0.524. The highest BCUT2D eigenvalue weighted by molar-refractivity contribution is 7.54. The Bertz CT molecular complexity index is 956. The molecular formula is C21H28ClF3N3O4P. The minimum atomic E-state index is -4.92. The zero-order valence-corrected chi connectivity index (χ0v) is 20.3. The molecule has 1 heterocycles. The molecular weight excluding hydrogens is 482 g/mol. The molecule has 0 saturated carbocycles. The lowest BCUT2D eigenvalue weighted by atomic mass is 10.2. The summed E-state index contributed by atoms with van der Waals surface area (Å²) in [4.78, 5) is 13.1. The van der Waals surface area contributed by atoms with E-state index in [-0.39, 0.29) is 13.2 Å². The molecule has 2 rings (SSSR count). The number of aromatic nitrogens is 2. The zero-order chi connectivity index (χ0) is 24.6. The summed E-state index contributed by atoms with van der Waals surface area (Å²) in [6.07, 6.45) is -2.22. The van der Waals surface area contributed by atoms with Gasteiger partial charge in [0.15, 0.2) is 11.5 Å². The maximum atomic E-state index is 13.9. The third kappa shape index (κ3) is 7.06. The van der Waals surface area contributed by atoms with Crippen LogP contribution in [0.4, 0.5) is 13.2 Å². The van der Waals surface area contributed by atoms with Gasteiger partial charge in [-0.05, 0) is 18.4 Å². The number of benzene rings is 1. The Kier molecular flexibility index (Phi) is 9.97. The molecule has 1 aromatic carbocycles. The molecule has 7 nitrogen and oxygen atoms in total. The van der Waals surface area contributed by atoms with Crippen LogP contribution in [0, 0.1) is 0 Å². The third-order valence-electron chi connectivity index (χ3n) is 4.71. The third-order valence-corrected chi connectivity index (χ3v) is 7.29. The van der Waals surface area contributed by atoms with Gasteiger partial charge in [0.1, 0.15) is 10.7 Å². The molecule has 0 aliphatic carbocycles. The van der Waals surface area contributed by atoms with E-state index in [2.05, 4.69) is 10.4 Å². The first kappa shape index (κ1) is 27.4. The first-order chi connectivity index (χ1) is 15.5. The average Bonchev–Trinajstić information content (AvgIpc) is 3.08. The smallest absolute Gasteiger partial charge is 0.334 e. The van der Waals surface area contributed by atoms with Crippen LogP contribution in [0.15, 0.2) is 30.3 Å². The summed E-state index contributed by atoms with van der Waals surface area (Å²) in [5.41, 5.74) is -1.94. The minimum absolute atomic E-state index is 0.0978. The Morgan fingerprint density at radius 3 is 2.18 bits per heavy atom. The van der Waals surface area contributed by atoms with Crippen molar-refractivity contribution < 1.29 is 31.6 Å². The number of aryl methyl sites for hydroxylation is 1. The number of nitrogens with one attached hydrogen (secondary N) is 1. The second-order valence-electron chi connectivity index (χ2n) is 7.34. The van der Waals surface area contributed by atoms with Gasteiger partial charge in [0.05, 0.1) is 13.2 Å². The van der Waals surface area contributed by atoms with Crippen LogP contribution in [-0.4, -0.2) is 28.9 Å². The molecule has 2 aromatic rings. The van der Waals surface area contributed by atoms with Gasteiger partial charge in [0.25, 0.3) is 5.91 Å². The summed E-state index contributed by atoms with van der Waals surface area (Å²) in [5.74, 6) is -2.54. The lowest BCUT2D eigenvalue weighted by Gasteiger charge is -2.28. The molecule has 0 aliphatic rings. The van der Waals surface area contributed by atoms with Crippen LogP contribution in [0.1, 0.15) is 66.9 Å². The van der Waals surface area contributed by atoms with E-state index in [4.69, 9.17) is 20.6 Å². The van der Waals surface area contributed by atoms with E-state index in [1.165, 1.54) is 7.05 Å². The standard InChI is InChI=1S/C21H28ClF3N3O4P/c1-4-6-13-31-33(30,32-14-7-5-2)20(15-11-9-8-10-12-15)26-19(29)16-17(21(23,24)25)27-28(3)18(16)22/h8-12,20H,4-7,13-14H2,1-3H3,(H,26,29). The molecule has 1 aromatic heterocycles. The summed E-state index contributed by atoms with van der Waals surface area (Å²) in [7, 11) is -2.84. The van der Waals surface area contributed by atoms with Crippen molar-refractivity contribution in [3.63, 3.8) is 0 Å². The average molecular weight is 510 g/mol. The predicted octanol–water partition coefficient (Wildman–Crippen LogP) is 6.35. The quantitative estimate of drug-likeness (QED) is 0.266. The van der Waals surface area contributed by atoms with E-state index < -0.39 is 41.9 Å². The number of rotatable bonds is 12. The van der Waals surface area contributed by atoms with Crippen molar-refractivity contribution in [3.8, 4) is 0 Å². The maximum Gasteiger partial charge on any atom is 0.436 e. The number of halogens is 4. The lowest BCUT2D eigenvalue weighted by Crippen LogP contribution is -2.31. The number of hydrogen-bond donors (Lipinski definition) is 1. The van der Waals surface area contributed by atoms with E-state index in [1.54, 1.807) is 30.3 Å². The van der Waals surface area contributed by atoms with Gasteiger partial charge < -0.3 is 14.4 Å². The SMILES string of the molecule is CCCCOP(=O)(OCCCC)C(NC(=O)c1c(C(F)(F)F)nn(C)c1Cl)c1ccccc1. The normalized spacial score (nSPS) is 13.2. The molecule has 184 valence electrons. The van der Waals surface area contributed by atoms with Gasteiger partial charge in [-0.15, -0.1) is 0 Å². The molecule has 0 fully saturated rings. The highest BCUT2D eigenvalue weighted by Gasteiger charge is 2.44.